The van der Waals surface area contributed by atoms with Gasteiger partial charge in [-0.15, -0.1) is 11.3 Å². The second-order valence-electron chi connectivity index (χ2n) is 6.71. The zero-order valence-corrected chi connectivity index (χ0v) is 16.7. The highest BCUT2D eigenvalue weighted by molar-refractivity contribution is 9.11. The van der Waals surface area contributed by atoms with E-state index in [-0.39, 0.29) is 11.9 Å². The number of amides is 3. The van der Waals surface area contributed by atoms with Gasteiger partial charge in [-0.1, -0.05) is 13.8 Å². The van der Waals surface area contributed by atoms with E-state index in [1.165, 1.54) is 13.6 Å². The molecule has 4 N–H and O–H groups in total. The summed E-state index contributed by atoms with van der Waals surface area (Å²) in [5.41, 5.74) is 0. The van der Waals surface area contributed by atoms with Crippen LogP contribution in [0.1, 0.15) is 18.7 Å². The summed E-state index contributed by atoms with van der Waals surface area (Å²) in [6.45, 7) is 10.1. The van der Waals surface area contributed by atoms with Gasteiger partial charge in [0.1, 0.15) is 32.7 Å². The minimum Gasteiger partial charge on any atom is -0.338 e. The van der Waals surface area contributed by atoms with Crippen molar-refractivity contribution >= 4 is 39.2 Å². The molecule has 2 rings (SSSR count). The van der Waals surface area contributed by atoms with E-state index in [0.717, 1.165) is 32.7 Å². The van der Waals surface area contributed by atoms with Crippen LogP contribution >= 0.6 is 27.3 Å². The van der Waals surface area contributed by atoms with E-state index in [2.05, 4.69) is 38.7 Å². The Morgan fingerprint density at radius 1 is 1.21 bits per heavy atom. The smallest absolute Gasteiger partial charge is 0.321 e. The summed E-state index contributed by atoms with van der Waals surface area (Å²) in [5.74, 6) is 0.174. The van der Waals surface area contributed by atoms with Gasteiger partial charge in [-0.25, -0.2) is 4.79 Å². The van der Waals surface area contributed by atoms with E-state index in [1.807, 2.05) is 13.8 Å². The third-order valence-electron chi connectivity index (χ3n) is 4.05. The van der Waals surface area contributed by atoms with Crippen molar-refractivity contribution in [2.75, 3.05) is 39.3 Å². The molecule has 1 aliphatic rings. The van der Waals surface area contributed by atoms with E-state index in [9.17, 15) is 9.59 Å². The SMILES string of the molecule is CC(C)CNC(=O)NC(=O)C[NH+]1CC[NH+](Cc2ccc(Br)s2)CC1. The van der Waals surface area contributed by atoms with Gasteiger partial charge < -0.3 is 15.1 Å². The molecule has 0 bridgehead atoms. The van der Waals surface area contributed by atoms with Crippen LogP contribution in [0.4, 0.5) is 4.79 Å². The first kappa shape index (κ1) is 19.4. The van der Waals surface area contributed by atoms with Crippen molar-refractivity contribution in [2.45, 2.75) is 20.4 Å². The van der Waals surface area contributed by atoms with Crippen molar-refractivity contribution in [1.29, 1.82) is 0 Å². The molecule has 1 fully saturated rings. The largest absolute Gasteiger partial charge is 0.338 e. The predicted octanol–water partition coefficient (Wildman–Crippen LogP) is -0.724. The third-order valence-corrected chi connectivity index (χ3v) is 5.68. The maximum atomic E-state index is 11.9. The lowest BCUT2D eigenvalue weighted by Gasteiger charge is -2.29. The Labute approximate surface area is 155 Å². The van der Waals surface area contributed by atoms with Crippen molar-refractivity contribution in [1.82, 2.24) is 10.6 Å². The molecule has 0 unspecified atom stereocenters. The van der Waals surface area contributed by atoms with Crippen molar-refractivity contribution in [3.05, 3.63) is 20.8 Å². The normalized spacial score (nSPS) is 20.8. The Hall–Kier alpha value is -0.960. The van der Waals surface area contributed by atoms with E-state index in [0.29, 0.717) is 19.0 Å². The highest BCUT2D eigenvalue weighted by Gasteiger charge is 2.25. The molecule has 0 saturated carbocycles. The van der Waals surface area contributed by atoms with Crippen molar-refractivity contribution < 1.29 is 19.4 Å². The zero-order valence-electron chi connectivity index (χ0n) is 14.3. The summed E-state index contributed by atoms with van der Waals surface area (Å²) in [6.07, 6.45) is 0. The molecule has 2 heterocycles. The van der Waals surface area contributed by atoms with Gasteiger partial charge in [0.25, 0.3) is 5.91 Å². The van der Waals surface area contributed by atoms with E-state index in [1.54, 1.807) is 16.2 Å². The first-order valence-corrected chi connectivity index (χ1v) is 10.0. The Morgan fingerprint density at radius 2 is 1.88 bits per heavy atom. The quantitative estimate of drug-likeness (QED) is 0.492. The van der Waals surface area contributed by atoms with Gasteiger partial charge in [0, 0.05) is 6.54 Å². The number of quaternary nitrogens is 2. The van der Waals surface area contributed by atoms with Crippen LogP contribution in [0.15, 0.2) is 15.9 Å². The Kier molecular flexibility index (Phi) is 7.67. The Bertz CT molecular complexity index is 556. The summed E-state index contributed by atoms with van der Waals surface area (Å²) in [7, 11) is 0. The number of halogens is 1. The van der Waals surface area contributed by atoms with Crippen LogP contribution < -0.4 is 20.4 Å². The fourth-order valence-electron chi connectivity index (χ4n) is 2.74. The molecular formula is C16H27BrN4O2S+2. The summed E-state index contributed by atoms with van der Waals surface area (Å²) < 4.78 is 1.17. The molecule has 0 spiro atoms. The number of piperazine rings is 1. The fourth-order valence-corrected chi connectivity index (χ4v) is 4.30. The number of carbonyl (C=O) groups excluding carboxylic acids is 2. The lowest BCUT2D eigenvalue weighted by molar-refractivity contribution is -1.01. The van der Waals surface area contributed by atoms with Crippen LogP contribution in [0.25, 0.3) is 0 Å². The summed E-state index contributed by atoms with van der Waals surface area (Å²) in [4.78, 5) is 27.7. The molecule has 24 heavy (non-hydrogen) atoms. The average molecular weight is 419 g/mol. The van der Waals surface area contributed by atoms with Gasteiger partial charge in [-0.3, -0.25) is 10.1 Å². The van der Waals surface area contributed by atoms with Crippen LogP contribution in [0.2, 0.25) is 0 Å². The molecule has 134 valence electrons. The van der Waals surface area contributed by atoms with Gasteiger partial charge in [0.2, 0.25) is 0 Å². The minimum atomic E-state index is -0.388. The van der Waals surface area contributed by atoms with Crippen LogP contribution in [0.5, 0.6) is 0 Å². The number of thiophene rings is 1. The van der Waals surface area contributed by atoms with E-state index < -0.39 is 0 Å². The summed E-state index contributed by atoms with van der Waals surface area (Å²) >= 11 is 5.29. The first-order chi connectivity index (χ1) is 11.4. The molecule has 6 nitrogen and oxygen atoms in total. The van der Waals surface area contributed by atoms with Crippen molar-refractivity contribution in [3.8, 4) is 0 Å². The number of rotatable bonds is 6. The number of carbonyl (C=O) groups is 2. The topological polar surface area (TPSA) is 67.1 Å². The molecule has 0 aromatic carbocycles. The maximum Gasteiger partial charge on any atom is 0.321 e. The number of imide groups is 1. The van der Waals surface area contributed by atoms with Crippen LogP contribution in [-0.2, 0) is 11.3 Å². The lowest BCUT2D eigenvalue weighted by Crippen LogP contribution is -3.28. The first-order valence-electron chi connectivity index (χ1n) is 8.41. The molecule has 8 heteroatoms. The van der Waals surface area contributed by atoms with Crippen LogP contribution in [0.3, 0.4) is 0 Å². The number of nitrogens with one attached hydrogen (secondary N) is 4. The molecule has 0 radical (unpaired) electrons. The average Bonchev–Trinajstić information content (AvgIpc) is 2.92. The van der Waals surface area contributed by atoms with Gasteiger partial charge in [-0.2, -0.15) is 0 Å². The minimum absolute atomic E-state index is 0.197. The molecule has 0 atom stereocenters. The molecule has 0 aliphatic carbocycles. The highest BCUT2D eigenvalue weighted by atomic mass is 79.9. The fraction of sp³-hybridized carbons (Fsp3) is 0.625. The standard InChI is InChI=1S/C16H25BrN4O2S/c1-12(2)9-18-16(23)19-15(22)11-21-7-5-20(6-8-21)10-13-3-4-14(17)24-13/h3-4,12H,5-11H2,1-2H3,(H2,18,19,22,23)/p+2. The predicted molar refractivity (Wildman–Crippen MR) is 98.4 cm³/mol. The lowest BCUT2D eigenvalue weighted by atomic mass is 10.2. The number of hydrogen-bond acceptors (Lipinski definition) is 3. The van der Waals surface area contributed by atoms with E-state index in [4.69, 9.17) is 0 Å². The second-order valence-corrected chi connectivity index (χ2v) is 9.26. The molecule has 3 amide bonds. The number of urea groups is 1. The maximum absolute atomic E-state index is 11.9. The van der Waals surface area contributed by atoms with Gasteiger partial charge in [0.15, 0.2) is 6.54 Å². The van der Waals surface area contributed by atoms with Crippen molar-refractivity contribution in [3.63, 3.8) is 0 Å². The van der Waals surface area contributed by atoms with Gasteiger partial charge in [0.05, 0.1) is 8.66 Å². The van der Waals surface area contributed by atoms with Crippen LogP contribution in [-0.4, -0.2) is 51.2 Å². The van der Waals surface area contributed by atoms with E-state index >= 15 is 0 Å². The third kappa shape index (κ3) is 6.88. The van der Waals surface area contributed by atoms with Gasteiger partial charge in [-0.05, 0) is 34.0 Å². The summed E-state index contributed by atoms with van der Waals surface area (Å²) in [5, 5.41) is 5.12. The Morgan fingerprint density at radius 3 is 2.46 bits per heavy atom. The Balaban J connectivity index is 1.65. The zero-order chi connectivity index (χ0) is 17.5. The molecule has 1 aromatic heterocycles. The van der Waals surface area contributed by atoms with Crippen LogP contribution in [0, 0.1) is 5.92 Å². The molecule has 1 aromatic rings. The van der Waals surface area contributed by atoms with Gasteiger partial charge >= 0.3 is 6.03 Å². The molecule has 1 aliphatic heterocycles. The molecular weight excluding hydrogens is 392 g/mol. The number of hydrogen-bond donors (Lipinski definition) is 4. The molecule has 1 saturated heterocycles. The second kappa shape index (κ2) is 9.50. The van der Waals surface area contributed by atoms with Crippen molar-refractivity contribution in [2.24, 2.45) is 5.92 Å². The highest BCUT2D eigenvalue weighted by Crippen LogP contribution is 2.21. The monoisotopic (exact) mass is 418 g/mol. The summed E-state index contributed by atoms with van der Waals surface area (Å²) in [6, 6.07) is 3.88.